The zero-order chi connectivity index (χ0) is 14.4. The van der Waals surface area contributed by atoms with Gasteiger partial charge in [-0.1, -0.05) is 13.8 Å². The Bertz CT molecular complexity index is 394. The molecule has 4 heteroatoms. The van der Waals surface area contributed by atoms with Crippen LogP contribution in [0.2, 0.25) is 0 Å². The maximum atomic E-state index is 4.74. The predicted octanol–water partition coefficient (Wildman–Crippen LogP) is 3.23. The second-order valence-electron chi connectivity index (χ2n) is 6.07. The minimum Gasteiger partial charge on any atom is -0.312 e. The molecule has 1 aromatic rings. The fourth-order valence-corrected chi connectivity index (χ4v) is 3.71. The van der Waals surface area contributed by atoms with Crippen LogP contribution >= 0.6 is 11.3 Å². The van der Waals surface area contributed by atoms with Gasteiger partial charge in [-0.05, 0) is 51.7 Å². The van der Waals surface area contributed by atoms with Gasteiger partial charge in [0.05, 0.1) is 10.7 Å². The molecule has 1 saturated heterocycles. The SMILES string of the molecule is CCCNCc1sc(CCN2CCC(C)CC2)nc1C. The Labute approximate surface area is 127 Å². The highest BCUT2D eigenvalue weighted by atomic mass is 32.1. The summed E-state index contributed by atoms with van der Waals surface area (Å²) in [6, 6.07) is 0. The van der Waals surface area contributed by atoms with Gasteiger partial charge in [0.15, 0.2) is 0 Å². The molecule has 1 aromatic heterocycles. The van der Waals surface area contributed by atoms with Crippen molar-refractivity contribution in [1.82, 2.24) is 15.2 Å². The van der Waals surface area contributed by atoms with Crippen LogP contribution in [0.3, 0.4) is 0 Å². The Hall–Kier alpha value is -0.450. The van der Waals surface area contributed by atoms with Gasteiger partial charge in [-0.25, -0.2) is 4.98 Å². The van der Waals surface area contributed by atoms with E-state index in [2.05, 4.69) is 31.0 Å². The highest BCUT2D eigenvalue weighted by Gasteiger charge is 2.16. The van der Waals surface area contributed by atoms with Gasteiger partial charge in [0.25, 0.3) is 0 Å². The molecule has 0 unspecified atom stereocenters. The molecule has 0 atom stereocenters. The molecule has 1 aliphatic heterocycles. The van der Waals surface area contributed by atoms with E-state index in [1.54, 1.807) is 0 Å². The van der Waals surface area contributed by atoms with E-state index in [4.69, 9.17) is 4.98 Å². The van der Waals surface area contributed by atoms with Crippen molar-refractivity contribution in [3.8, 4) is 0 Å². The van der Waals surface area contributed by atoms with Crippen molar-refractivity contribution in [3.05, 3.63) is 15.6 Å². The zero-order valence-corrected chi connectivity index (χ0v) is 14.1. The third kappa shape index (κ3) is 4.83. The first-order chi connectivity index (χ1) is 9.69. The summed E-state index contributed by atoms with van der Waals surface area (Å²) >= 11 is 1.90. The minimum atomic E-state index is 0.921. The van der Waals surface area contributed by atoms with Gasteiger partial charge in [-0.15, -0.1) is 11.3 Å². The minimum absolute atomic E-state index is 0.921. The molecule has 0 aromatic carbocycles. The highest BCUT2D eigenvalue weighted by molar-refractivity contribution is 7.11. The van der Waals surface area contributed by atoms with E-state index in [-0.39, 0.29) is 0 Å². The number of hydrogen-bond acceptors (Lipinski definition) is 4. The van der Waals surface area contributed by atoms with Crippen LogP contribution in [0, 0.1) is 12.8 Å². The normalized spacial score (nSPS) is 17.8. The standard InChI is InChI=1S/C16H29N3S/c1-4-8-17-12-15-14(3)18-16(20-15)7-11-19-9-5-13(2)6-10-19/h13,17H,4-12H2,1-3H3. The van der Waals surface area contributed by atoms with Crippen molar-refractivity contribution in [2.45, 2.75) is 53.0 Å². The lowest BCUT2D eigenvalue weighted by molar-refractivity contribution is 0.194. The summed E-state index contributed by atoms with van der Waals surface area (Å²) in [5.74, 6) is 0.921. The van der Waals surface area contributed by atoms with Crippen LogP contribution in [0.1, 0.15) is 48.7 Å². The number of likely N-dealkylation sites (tertiary alicyclic amines) is 1. The summed E-state index contributed by atoms with van der Waals surface area (Å²) in [7, 11) is 0. The molecule has 0 saturated carbocycles. The van der Waals surface area contributed by atoms with Gasteiger partial charge in [0.2, 0.25) is 0 Å². The van der Waals surface area contributed by atoms with E-state index < -0.39 is 0 Å². The molecular weight excluding hydrogens is 266 g/mol. The fraction of sp³-hybridized carbons (Fsp3) is 0.812. The molecule has 114 valence electrons. The van der Waals surface area contributed by atoms with Crippen LogP contribution in [0.5, 0.6) is 0 Å². The largest absolute Gasteiger partial charge is 0.312 e. The van der Waals surface area contributed by atoms with Crippen molar-refractivity contribution < 1.29 is 0 Å². The Morgan fingerprint density at radius 3 is 2.80 bits per heavy atom. The summed E-state index contributed by atoms with van der Waals surface area (Å²) in [4.78, 5) is 8.76. The van der Waals surface area contributed by atoms with Crippen LogP contribution in [0.4, 0.5) is 0 Å². The highest BCUT2D eigenvalue weighted by Crippen LogP contribution is 2.20. The zero-order valence-electron chi connectivity index (χ0n) is 13.2. The molecule has 3 nitrogen and oxygen atoms in total. The first kappa shape index (κ1) is 15.9. The number of nitrogens with zero attached hydrogens (tertiary/aromatic N) is 2. The van der Waals surface area contributed by atoms with Crippen molar-refractivity contribution in [2.75, 3.05) is 26.2 Å². The van der Waals surface area contributed by atoms with Crippen molar-refractivity contribution >= 4 is 11.3 Å². The maximum Gasteiger partial charge on any atom is 0.0944 e. The first-order valence-electron chi connectivity index (χ1n) is 8.07. The third-order valence-electron chi connectivity index (χ3n) is 4.17. The lowest BCUT2D eigenvalue weighted by Crippen LogP contribution is -2.34. The summed E-state index contributed by atoms with van der Waals surface area (Å²) in [5.41, 5.74) is 1.22. The van der Waals surface area contributed by atoms with Crippen LogP contribution in [0.25, 0.3) is 0 Å². The molecule has 1 aliphatic rings. The van der Waals surface area contributed by atoms with Gasteiger partial charge < -0.3 is 10.2 Å². The van der Waals surface area contributed by atoms with Crippen molar-refractivity contribution in [3.63, 3.8) is 0 Å². The predicted molar refractivity (Wildman–Crippen MR) is 87.4 cm³/mol. The van der Waals surface area contributed by atoms with Gasteiger partial charge in [-0.3, -0.25) is 0 Å². The monoisotopic (exact) mass is 295 g/mol. The third-order valence-corrected chi connectivity index (χ3v) is 5.38. The second kappa shape index (κ2) is 8.11. The maximum absolute atomic E-state index is 4.74. The molecule has 1 fully saturated rings. The van der Waals surface area contributed by atoms with Gasteiger partial charge in [-0.2, -0.15) is 0 Å². The second-order valence-corrected chi connectivity index (χ2v) is 7.24. The molecule has 0 radical (unpaired) electrons. The average Bonchev–Trinajstić information content (AvgIpc) is 2.79. The van der Waals surface area contributed by atoms with E-state index >= 15 is 0 Å². The van der Waals surface area contributed by atoms with E-state index in [1.165, 1.54) is 54.5 Å². The summed E-state index contributed by atoms with van der Waals surface area (Å²) in [5, 5.41) is 4.79. The lowest BCUT2D eigenvalue weighted by atomic mass is 9.99. The summed E-state index contributed by atoms with van der Waals surface area (Å²) < 4.78 is 0. The Morgan fingerprint density at radius 2 is 2.10 bits per heavy atom. The lowest BCUT2D eigenvalue weighted by Gasteiger charge is -2.29. The molecule has 2 heterocycles. The molecule has 0 aliphatic carbocycles. The van der Waals surface area contributed by atoms with Crippen LogP contribution in [-0.2, 0) is 13.0 Å². The molecular formula is C16H29N3S. The molecule has 0 amide bonds. The topological polar surface area (TPSA) is 28.2 Å². The Balaban J connectivity index is 1.76. The van der Waals surface area contributed by atoms with Crippen molar-refractivity contribution in [1.29, 1.82) is 0 Å². The number of piperidine rings is 1. The molecule has 0 bridgehead atoms. The smallest absolute Gasteiger partial charge is 0.0944 e. The molecule has 1 N–H and O–H groups in total. The van der Waals surface area contributed by atoms with E-state index in [0.29, 0.717) is 0 Å². The average molecular weight is 295 g/mol. The van der Waals surface area contributed by atoms with Gasteiger partial charge in [0.1, 0.15) is 0 Å². The van der Waals surface area contributed by atoms with Gasteiger partial charge in [0, 0.05) is 24.4 Å². The quantitative estimate of drug-likeness (QED) is 0.783. The number of rotatable bonds is 7. The number of nitrogens with one attached hydrogen (secondary N) is 1. The molecule has 20 heavy (non-hydrogen) atoms. The number of aromatic nitrogens is 1. The fourth-order valence-electron chi connectivity index (χ4n) is 2.68. The molecule has 0 spiro atoms. The van der Waals surface area contributed by atoms with E-state index in [0.717, 1.165) is 25.4 Å². The number of hydrogen-bond donors (Lipinski definition) is 1. The van der Waals surface area contributed by atoms with Gasteiger partial charge >= 0.3 is 0 Å². The summed E-state index contributed by atoms with van der Waals surface area (Å²) in [6.45, 7) is 12.5. The van der Waals surface area contributed by atoms with E-state index in [1.807, 2.05) is 11.3 Å². The number of thiazole rings is 1. The first-order valence-corrected chi connectivity index (χ1v) is 8.89. The van der Waals surface area contributed by atoms with Crippen LogP contribution < -0.4 is 5.32 Å². The van der Waals surface area contributed by atoms with E-state index in [9.17, 15) is 0 Å². The summed E-state index contributed by atoms with van der Waals surface area (Å²) in [6.07, 6.45) is 5.04. The van der Waals surface area contributed by atoms with Crippen LogP contribution in [-0.4, -0.2) is 36.1 Å². The van der Waals surface area contributed by atoms with Crippen LogP contribution in [0.15, 0.2) is 0 Å². The Kier molecular flexibility index (Phi) is 6.46. The number of aryl methyl sites for hydroxylation is 1. The Morgan fingerprint density at radius 1 is 1.35 bits per heavy atom. The van der Waals surface area contributed by atoms with Crippen molar-refractivity contribution in [2.24, 2.45) is 5.92 Å². The molecule has 2 rings (SSSR count).